The van der Waals surface area contributed by atoms with Crippen molar-refractivity contribution in [1.29, 1.82) is 0 Å². The predicted octanol–water partition coefficient (Wildman–Crippen LogP) is 5.61. The minimum absolute atomic E-state index is 0.127. The zero-order valence-electron chi connectivity index (χ0n) is 13.8. The van der Waals surface area contributed by atoms with Crippen LogP contribution in [-0.4, -0.2) is 5.91 Å². The van der Waals surface area contributed by atoms with Crippen LogP contribution in [0.2, 0.25) is 0 Å². The zero-order chi connectivity index (χ0) is 16.8. The van der Waals surface area contributed by atoms with Crippen molar-refractivity contribution >= 4 is 33.6 Å². The molecule has 23 heavy (non-hydrogen) atoms. The number of hydrogen-bond acceptors (Lipinski definition) is 1. The third-order valence-corrected chi connectivity index (χ3v) is 4.37. The number of nitrogens with one attached hydrogen (secondary N) is 1. The van der Waals surface area contributed by atoms with Gasteiger partial charge in [0.05, 0.1) is 0 Å². The molecule has 1 N–H and O–H groups in total. The third-order valence-electron chi connectivity index (χ3n) is 3.48. The summed E-state index contributed by atoms with van der Waals surface area (Å²) in [7, 11) is 0. The van der Waals surface area contributed by atoms with Crippen molar-refractivity contribution < 1.29 is 4.79 Å². The van der Waals surface area contributed by atoms with Crippen LogP contribution in [0.25, 0.3) is 6.08 Å². The van der Waals surface area contributed by atoms with Gasteiger partial charge in [0.2, 0.25) is 5.91 Å². The van der Waals surface area contributed by atoms with E-state index in [1.165, 1.54) is 5.56 Å². The van der Waals surface area contributed by atoms with E-state index in [-0.39, 0.29) is 5.91 Å². The van der Waals surface area contributed by atoms with Crippen LogP contribution in [0.4, 0.5) is 5.69 Å². The first-order valence-corrected chi connectivity index (χ1v) is 8.57. The van der Waals surface area contributed by atoms with Gasteiger partial charge in [-0.25, -0.2) is 0 Å². The Balaban J connectivity index is 1.96. The highest BCUT2D eigenvalue weighted by Crippen LogP contribution is 2.20. The fourth-order valence-electron chi connectivity index (χ4n) is 2.31. The standard InChI is InChI=1S/C20H22BrNO/c1-14(2)12-17-6-4-16(5-7-17)8-11-20(23)22-18-9-10-19(21)15(3)13-18/h4-11,13-14H,12H2,1-3H3,(H,22,23). The quantitative estimate of drug-likeness (QED) is 0.680. The molecular weight excluding hydrogens is 350 g/mol. The molecule has 1 amide bonds. The van der Waals surface area contributed by atoms with E-state index in [0.29, 0.717) is 5.92 Å². The van der Waals surface area contributed by atoms with Gasteiger partial charge in [0.1, 0.15) is 0 Å². The van der Waals surface area contributed by atoms with Gasteiger partial charge in [-0.3, -0.25) is 4.79 Å². The lowest BCUT2D eigenvalue weighted by Crippen LogP contribution is -2.07. The van der Waals surface area contributed by atoms with Gasteiger partial charge in [0.25, 0.3) is 0 Å². The monoisotopic (exact) mass is 371 g/mol. The molecular formula is C20H22BrNO. The molecule has 0 unspecified atom stereocenters. The van der Waals surface area contributed by atoms with Crippen molar-refractivity contribution in [2.75, 3.05) is 5.32 Å². The molecule has 3 heteroatoms. The second-order valence-electron chi connectivity index (χ2n) is 6.13. The van der Waals surface area contributed by atoms with Gasteiger partial charge in [-0.05, 0) is 60.2 Å². The Morgan fingerprint density at radius 1 is 1.17 bits per heavy atom. The largest absolute Gasteiger partial charge is 0.323 e. The van der Waals surface area contributed by atoms with Gasteiger partial charge in [-0.1, -0.05) is 54.0 Å². The predicted molar refractivity (Wildman–Crippen MR) is 102 cm³/mol. The lowest BCUT2D eigenvalue weighted by atomic mass is 10.0. The van der Waals surface area contributed by atoms with Gasteiger partial charge in [-0.2, -0.15) is 0 Å². The van der Waals surface area contributed by atoms with Gasteiger partial charge < -0.3 is 5.32 Å². The highest BCUT2D eigenvalue weighted by molar-refractivity contribution is 9.10. The van der Waals surface area contributed by atoms with E-state index in [4.69, 9.17) is 0 Å². The van der Waals surface area contributed by atoms with Crippen molar-refractivity contribution in [2.45, 2.75) is 27.2 Å². The van der Waals surface area contributed by atoms with E-state index in [1.54, 1.807) is 6.08 Å². The number of anilines is 1. The first-order valence-electron chi connectivity index (χ1n) is 7.78. The number of carbonyl (C=O) groups is 1. The molecule has 0 bridgehead atoms. The second kappa shape index (κ2) is 8.11. The maximum Gasteiger partial charge on any atom is 0.248 e. The van der Waals surface area contributed by atoms with Crippen LogP contribution >= 0.6 is 15.9 Å². The number of hydrogen-bond donors (Lipinski definition) is 1. The number of rotatable bonds is 5. The highest BCUT2D eigenvalue weighted by atomic mass is 79.9. The summed E-state index contributed by atoms with van der Waals surface area (Å²) in [5.74, 6) is 0.523. The number of carbonyl (C=O) groups excluding carboxylic acids is 1. The van der Waals surface area contributed by atoms with Crippen molar-refractivity contribution in [2.24, 2.45) is 5.92 Å². The first-order chi connectivity index (χ1) is 10.9. The summed E-state index contributed by atoms with van der Waals surface area (Å²) in [6, 6.07) is 14.1. The van der Waals surface area contributed by atoms with E-state index < -0.39 is 0 Å². The maximum absolute atomic E-state index is 12.0. The van der Waals surface area contributed by atoms with Crippen LogP contribution in [0, 0.1) is 12.8 Å². The summed E-state index contributed by atoms with van der Waals surface area (Å²) in [6.07, 6.45) is 4.47. The van der Waals surface area contributed by atoms with E-state index in [2.05, 4.69) is 47.2 Å². The Labute approximate surface area is 146 Å². The molecule has 2 aromatic rings. The van der Waals surface area contributed by atoms with Crippen LogP contribution in [0.1, 0.15) is 30.5 Å². The number of halogens is 1. The van der Waals surface area contributed by atoms with E-state index >= 15 is 0 Å². The van der Waals surface area contributed by atoms with Crippen LogP contribution < -0.4 is 5.32 Å². The SMILES string of the molecule is Cc1cc(NC(=O)C=Cc2ccc(CC(C)C)cc2)ccc1Br. The molecule has 0 radical (unpaired) electrons. The molecule has 0 saturated heterocycles. The Bertz CT molecular complexity index is 702. The molecule has 0 fully saturated rings. The molecule has 2 aromatic carbocycles. The molecule has 0 spiro atoms. The molecule has 0 heterocycles. The lowest BCUT2D eigenvalue weighted by Gasteiger charge is -2.05. The number of amides is 1. The highest BCUT2D eigenvalue weighted by Gasteiger charge is 2.01. The molecule has 0 aliphatic carbocycles. The summed E-state index contributed by atoms with van der Waals surface area (Å²) in [5, 5.41) is 2.87. The van der Waals surface area contributed by atoms with E-state index in [9.17, 15) is 4.79 Å². The molecule has 0 aliphatic heterocycles. The number of benzene rings is 2. The average molecular weight is 372 g/mol. The topological polar surface area (TPSA) is 29.1 Å². The summed E-state index contributed by atoms with van der Waals surface area (Å²) in [5.41, 5.74) is 4.24. The fraction of sp³-hybridized carbons (Fsp3) is 0.250. The lowest BCUT2D eigenvalue weighted by molar-refractivity contribution is -0.111. The van der Waals surface area contributed by atoms with Gasteiger partial charge in [-0.15, -0.1) is 0 Å². The van der Waals surface area contributed by atoms with Crippen LogP contribution in [0.3, 0.4) is 0 Å². The Kier molecular flexibility index (Phi) is 6.17. The van der Waals surface area contributed by atoms with Crippen molar-refractivity contribution in [3.63, 3.8) is 0 Å². The molecule has 2 rings (SSSR count). The van der Waals surface area contributed by atoms with Gasteiger partial charge in [0, 0.05) is 16.2 Å². The zero-order valence-corrected chi connectivity index (χ0v) is 15.4. The molecule has 120 valence electrons. The first kappa shape index (κ1) is 17.5. The molecule has 0 saturated carbocycles. The summed E-state index contributed by atoms with van der Waals surface area (Å²) < 4.78 is 1.03. The number of aryl methyl sites for hydroxylation is 1. The van der Waals surface area contributed by atoms with Crippen molar-refractivity contribution in [3.05, 3.63) is 69.7 Å². The molecule has 2 nitrogen and oxygen atoms in total. The normalized spacial score (nSPS) is 11.2. The van der Waals surface area contributed by atoms with E-state index in [0.717, 1.165) is 27.7 Å². The van der Waals surface area contributed by atoms with E-state index in [1.807, 2.05) is 43.3 Å². The molecule has 0 atom stereocenters. The van der Waals surface area contributed by atoms with Crippen molar-refractivity contribution in [1.82, 2.24) is 0 Å². The smallest absolute Gasteiger partial charge is 0.248 e. The Hall–Kier alpha value is -1.87. The Morgan fingerprint density at radius 2 is 1.87 bits per heavy atom. The average Bonchev–Trinajstić information content (AvgIpc) is 2.50. The fourth-order valence-corrected chi connectivity index (χ4v) is 2.56. The summed E-state index contributed by atoms with van der Waals surface area (Å²) >= 11 is 3.45. The van der Waals surface area contributed by atoms with Gasteiger partial charge in [0.15, 0.2) is 0 Å². The summed E-state index contributed by atoms with van der Waals surface area (Å²) in [4.78, 5) is 12.0. The van der Waals surface area contributed by atoms with Crippen LogP contribution in [-0.2, 0) is 11.2 Å². The molecule has 0 aliphatic rings. The van der Waals surface area contributed by atoms with Crippen LogP contribution in [0.15, 0.2) is 53.0 Å². The molecule has 0 aromatic heterocycles. The third kappa shape index (κ3) is 5.68. The second-order valence-corrected chi connectivity index (χ2v) is 6.98. The van der Waals surface area contributed by atoms with Crippen LogP contribution in [0.5, 0.6) is 0 Å². The summed E-state index contributed by atoms with van der Waals surface area (Å²) in [6.45, 7) is 6.41. The minimum Gasteiger partial charge on any atom is -0.323 e. The maximum atomic E-state index is 12.0. The minimum atomic E-state index is -0.127. The Morgan fingerprint density at radius 3 is 2.48 bits per heavy atom. The van der Waals surface area contributed by atoms with Gasteiger partial charge >= 0.3 is 0 Å². The van der Waals surface area contributed by atoms with Crippen molar-refractivity contribution in [3.8, 4) is 0 Å².